The predicted molar refractivity (Wildman–Crippen MR) is 124 cm³/mol. The first-order chi connectivity index (χ1) is 16.3. The summed E-state index contributed by atoms with van der Waals surface area (Å²) >= 11 is 0. The van der Waals surface area contributed by atoms with Gasteiger partial charge in [-0.25, -0.2) is 5.43 Å². The van der Waals surface area contributed by atoms with Crippen LogP contribution < -0.4 is 10.7 Å². The monoisotopic (exact) mass is 464 g/mol. The molecule has 0 aliphatic rings. The average molecular weight is 464 g/mol. The molecule has 0 unspecified atom stereocenters. The third kappa shape index (κ3) is 5.32. The van der Waals surface area contributed by atoms with Crippen molar-refractivity contribution in [2.24, 2.45) is 5.10 Å². The summed E-state index contributed by atoms with van der Waals surface area (Å²) < 4.78 is 40.4. The fourth-order valence-corrected chi connectivity index (χ4v) is 3.45. The Morgan fingerprint density at radius 3 is 2.44 bits per heavy atom. The van der Waals surface area contributed by atoms with Crippen molar-refractivity contribution < 1.29 is 22.8 Å². The first-order valence-electron chi connectivity index (χ1n) is 10.2. The summed E-state index contributed by atoms with van der Waals surface area (Å²) in [6.07, 6.45) is -1.44. The van der Waals surface area contributed by atoms with Gasteiger partial charge in [-0.2, -0.15) is 18.3 Å². The highest BCUT2D eigenvalue weighted by Gasteiger charge is 2.30. The van der Waals surface area contributed by atoms with Gasteiger partial charge in [0.1, 0.15) is 6.54 Å². The first-order valence-corrected chi connectivity index (χ1v) is 10.2. The van der Waals surface area contributed by atoms with Crippen molar-refractivity contribution in [1.29, 1.82) is 0 Å². The van der Waals surface area contributed by atoms with Crippen LogP contribution in [-0.4, -0.2) is 22.6 Å². The predicted octanol–water partition coefficient (Wildman–Crippen LogP) is 5.06. The average Bonchev–Trinajstić information content (AvgIpc) is 3.16. The molecule has 0 spiro atoms. The van der Waals surface area contributed by atoms with Gasteiger partial charge in [-0.05, 0) is 36.4 Å². The maximum absolute atomic E-state index is 12.9. The molecule has 0 bridgehead atoms. The number of nitrogens with zero attached hydrogens (tertiary/aromatic N) is 2. The van der Waals surface area contributed by atoms with Crippen LogP contribution in [0.5, 0.6) is 0 Å². The lowest BCUT2D eigenvalue weighted by Crippen LogP contribution is -2.18. The Labute approximate surface area is 192 Å². The molecule has 4 rings (SSSR count). The number of nitrogens with one attached hydrogen (secondary N) is 2. The molecule has 1 heterocycles. The Morgan fingerprint density at radius 2 is 1.68 bits per heavy atom. The van der Waals surface area contributed by atoms with Crippen LogP contribution in [0, 0.1) is 0 Å². The molecule has 6 nitrogen and oxygen atoms in total. The number of para-hydroxylation sites is 2. The molecular formula is C25H19F3N4O2. The molecule has 0 radical (unpaired) electrons. The molecule has 0 saturated heterocycles. The lowest BCUT2D eigenvalue weighted by Gasteiger charge is -2.07. The summed E-state index contributed by atoms with van der Waals surface area (Å²) in [6, 6.07) is 20.5. The van der Waals surface area contributed by atoms with Gasteiger partial charge < -0.3 is 9.88 Å². The lowest BCUT2D eigenvalue weighted by molar-refractivity contribution is -0.137. The van der Waals surface area contributed by atoms with E-state index in [4.69, 9.17) is 0 Å². The van der Waals surface area contributed by atoms with Crippen LogP contribution in [0.4, 0.5) is 18.9 Å². The zero-order valence-corrected chi connectivity index (χ0v) is 17.7. The molecule has 0 aliphatic carbocycles. The van der Waals surface area contributed by atoms with Gasteiger partial charge >= 0.3 is 6.18 Å². The van der Waals surface area contributed by atoms with E-state index >= 15 is 0 Å². The summed E-state index contributed by atoms with van der Waals surface area (Å²) in [7, 11) is 0. The van der Waals surface area contributed by atoms with Gasteiger partial charge in [-0.3, -0.25) is 9.59 Å². The molecule has 172 valence electrons. The first kappa shape index (κ1) is 22.8. The number of benzene rings is 3. The zero-order chi connectivity index (χ0) is 24.1. The van der Waals surface area contributed by atoms with Crippen LogP contribution in [0.15, 0.2) is 90.2 Å². The topological polar surface area (TPSA) is 75.5 Å². The van der Waals surface area contributed by atoms with E-state index in [2.05, 4.69) is 15.8 Å². The molecular weight excluding hydrogens is 445 g/mol. The molecule has 3 aromatic carbocycles. The van der Waals surface area contributed by atoms with E-state index in [0.29, 0.717) is 11.3 Å². The molecule has 2 N–H and O–H groups in total. The maximum Gasteiger partial charge on any atom is 0.416 e. The van der Waals surface area contributed by atoms with E-state index in [-0.39, 0.29) is 18.0 Å². The van der Waals surface area contributed by atoms with Gasteiger partial charge in [-0.15, -0.1) is 0 Å². The number of halogens is 3. The second-order valence-corrected chi connectivity index (χ2v) is 7.42. The number of alkyl halides is 3. The van der Waals surface area contributed by atoms with Crippen LogP contribution in [0.3, 0.4) is 0 Å². The number of aromatic nitrogens is 1. The Hall–Kier alpha value is -4.40. The molecule has 1 aromatic heterocycles. The highest BCUT2D eigenvalue weighted by Crippen LogP contribution is 2.29. The minimum absolute atomic E-state index is 0.0554. The van der Waals surface area contributed by atoms with E-state index < -0.39 is 17.6 Å². The summed E-state index contributed by atoms with van der Waals surface area (Å²) in [5.41, 5.74) is 3.28. The number of amides is 2. The maximum atomic E-state index is 12.9. The Bertz CT molecular complexity index is 1360. The number of carbonyl (C=O) groups excluding carboxylic acids is 2. The third-order valence-corrected chi connectivity index (χ3v) is 5.01. The second-order valence-electron chi connectivity index (χ2n) is 7.42. The van der Waals surface area contributed by atoms with Crippen LogP contribution >= 0.6 is 0 Å². The zero-order valence-electron chi connectivity index (χ0n) is 17.7. The number of fused-ring (bicyclic) bond motifs is 1. The second kappa shape index (κ2) is 9.62. The molecule has 0 fully saturated rings. The number of hydrogen-bond donors (Lipinski definition) is 2. The number of hydrazone groups is 1. The Morgan fingerprint density at radius 1 is 0.941 bits per heavy atom. The fraction of sp³-hybridized carbons (Fsp3) is 0.0800. The van der Waals surface area contributed by atoms with Crippen LogP contribution in [-0.2, 0) is 17.5 Å². The molecule has 9 heteroatoms. The van der Waals surface area contributed by atoms with Crippen LogP contribution in [0.25, 0.3) is 10.9 Å². The van der Waals surface area contributed by atoms with Crippen molar-refractivity contribution >= 4 is 34.6 Å². The largest absolute Gasteiger partial charge is 0.416 e. The minimum Gasteiger partial charge on any atom is -0.337 e. The van der Waals surface area contributed by atoms with Crippen LogP contribution in [0.1, 0.15) is 21.5 Å². The van der Waals surface area contributed by atoms with Crippen molar-refractivity contribution in [2.75, 3.05) is 5.32 Å². The highest BCUT2D eigenvalue weighted by molar-refractivity contribution is 6.01. The van der Waals surface area contributed by atoms with Crippen molar-refractivity contribution in [3.63, 3.8) is 0 Å². The number of carbonyl (C=O) groups is 2. The van der Waals surface area contributed by atoms with Crippen molar-refractivity contribution in [2.45, 2.75) is 12.7 Å². The molecule has 4 aromatic rings. The summed E-state index contributed by atoms with van der Waals surface area (Å²) in [5.74, 6) is -0.985. The molecule has 0 atom stereocenters. The molecule has 0 saturated carbocycles. The quantitative estimate of drug-likeness (QED) is 0.309. The fourth-order valence-electron chi connectivity index (χ4n) is 3.45. The van der Waals surface area contributed by atoms with Gasteiger partial charge in [0.05, 0.1) is 11.8 Å². The molecule has 0 aliphatic heterocycles. The van der Waals surface area contributed by atoms with Crippen molar-refractivity contribution in [1.82, 2.24) is 9.99 Å². The molecule has 34 heavy (non-hydrogen) atoms. The minimum atomic E-state index is -4.55. The van der Waals surface area contributed by atoms with Gasteiger partial charge in [0.25, 0.3) is 5.91 Å². The van der Waals surface area contributed by atoms with Gasteiger partial charge in [-0.1, -0.05) is 42.5 Å². The highest BCUT2D eigenvalue weighted by atomic mass is 19.4. The smallest absolute Gasteiger partial charge is 0.337 e. The number of anilines is 1. The Balaban J connectivity index is 1.49. The normalized spacial score (nSPS) is 11.6. The van der Waals surface area contributed by atoms with Gasteiger partial charge in [0, 0.05) is 33.9 Å². The van der Waals surface area contributed by atoms with Gasteiger partial charge in [0.15, 0.2) is 0 Å². The number of rotatable bonds is 6. The SMILES string of the molecule is O=C(Cn1cc(C=NNC(=O)c2cccc(C(F)(F)F)c2)c2ccccc21)Nc1ccccc1. The lowest BCUT2D eigenvalue weighted by atomic mass is 10.1. The Kier molecular flexibility index (Phi) is 6.44. The summed E-state index contributed by atoms with van der Waals surface area (Å²) in [6.45, 7) is 0.0554. The van der Waals surface area contributed by atoms with Crippen molar-refractivity contribution in [3.05, 3.63) is 102 Å². The van der Waals surface area contributed by atoms with E-state index in [9.17, 15) is 22.8 Å². The van der Waals surface area contributed by atoms with Crippen LogP contribution in [0.2, 0.25) is 0 Å². The van der Waals surface area contributed by atoms with E-state index in [1.165, 1.54) is 12.3 Å². The van der Waals surface area contributed by atoms with E-state index in [1.807, 2.05) is 42.5 Å². The van der Waals surface area contributed by atoms with Crippen molar-refractivity contribution in [3.8, 4) is 0 Å². The molecule has 2 amide bonds. The van der Waals surface area contributed by atoms with E-state index in [0.717, 1.165) is 29.1 Å². The van der Waals surface area contributed by atoms with Gasteiger partial charge in [0.2, 0.25) is 5.91 Å². The third-order valence-electron chi connectivity index (χ3n) is 5.01. The summed E-state index contributed by atoms with van der Waals surface area (Å²) in [4.78, 5) is 24.7. The standard InChI is InChI=1S/C25H19F3N4O2/c26-25(27,28)19-8-6-7-17(13-19)24(34)31-29-14-18-15-32(22-12-5-4-11-21(18)22)16-23(33)30-20-9-2-1-3-10-20/h1-15H,16H2,(H,30,33)(H,31,34). The number of hydrogen-bond acceptors (Lipinski definition) is 3. The van der Waals surface area contributed by atoms with E-state index in [1.54, 1.807) is 22.9 Å². The summed E-state index contributed by atoms with van der Waals surface area (Å²) in [5, 5.41) is 7.52.